The number of nitrogens with zero attached hydrogens (tertiary/aromatic N) is 1. The molecule has 0 aromatic carbocycles. The Morgan fingerprint density at radius 2 is 2.08 bits per heavy atom. The predicted molar refractivity (Wildman–Crippen MR) is 47.3 cm³/mol. The molecule has 2 nitrogen and oxygen atoms in total. The molecule has 1 N–H and O–H groups in total. The Balaban J connectivity index is 2.58. The summed E-state index contributed by atoms with van der Waals surface area (Å²) in [6, 6.07) is 2.31. The predicted octanol–water partition coefficient (Wildman–Crippen LogP) is 1.94. The van der Waals surface area contributed by atoms with Crippen molar-refractivity contribution in [3.63, 3.8) is 0 Å². The Labute approximate surface area is 74.2 Å². The highest BCUT2D eigenvalue weighted by molar-refractivity contribution is 4.94. The highest BCUT2D eigenvalue weighted by atomic mass is 16.3. The molecule has 1 fully saturated rings. The van der Waals surface area contributed by atoms with Gasteiger partial charge in [0.25, 0.3) is 0 Å². The molecule has 3 atom stereocenters. The van der Waals surface area contributed by atoms with Crippen molar-refractivity contribution in [1.29, 1.82) is 5.26 Å². The van der Waals surface area contributed by atoms with Crippen LogP contribution in [-0.2, 0) is 0 Å². The largest absolute Gasteiger partial charge is 0.393 e. The van der Waals surface area contributed by atoms with Crippen LogP contribution in [0.1, 0.15) is 33.1 Å². The number of nitriles is 1. The zero-order valence-electron chi connectivity index (χ0n) is 7.83. The van der Waals surface area contributed by atoms with Crippen LogP contribution >= 0.6 is 0 Å². The van der Waals surface area contributed by atoms with Gasteiger partial charge in [0, 0.05) is 0 Å². The van der Waals surface area contributed by atoms with Crippen LogP contribution in [0.3, 0.4) is 0 Å². The third-order valence-electron chi connectivity index (χ3n) is 2.90. The quantitative estimate of drug-likeness (QED) is 0.648. The Kier molecular flexibility index (Phi) is 3.11. The number of hydrogen-bond acceptors (Lipinski definition) is 2. The van der Waals surface area contributed by atoms with Crippen LogP contribution in [0, 0.1) is 29.1 Å². The van der Waals surface area contributed by atoms with Crippen molar-refractivity contribution in [2.75, 3.05) is 0 Å². The van der Waals surface area contributed by atoms with Crippen LogP contribution in [0.5, 0.6) is 0 Å². The van der Waals surface area contributed by atoms with E-state index >= 15 is 0 Å². The molecule has 0 aromatic heterocycles. The summed E-state index contributed by atoms with van der Waals surface area (Å²) < 4.78 is 0. The van der Waals surface area contributed by atoms with Crippen molar-refractivity contribution in [3.8, 4) is 6.07 Å². The summed E-state index contributed by atoms with van der Waals surface area (Å²) in [5.74, 6) is 1.15. The Hall–Kier alpha value is -0.550. The topological polar surface area (TPSA) is 44.0 Å². The average molecular weight is 167 g/mol. The first-order valence-electron chi connectivity index (χ1n) is 4.72. The third-order valence-corrected chi connectivity index (χ3v) is 2.90. The van der Waals surface area contributed by atoms with Gasteiger partial charge in [-0.05, 0) is 31.1 Å². The molecule has 0 heterocycles. The van der Waals surface area contributed by atoms with E-state index in [1.54, 1.807) is 0 Å². The van der Waals surface area contributed by atoms with Gasteiger partial charge in [-0.3, -0.25) is 0 Å². The maximum Gasteiger partial charge on any atom is 0.0659 e. The van der Waals surface area contributed by atoms with Gasteiger partial charge in [0.2, 0.25) is 0 Å². The van der Waals surface area contributed by atoms with Crippen LogP contribution in [-0.4, -0.2) is 11.2 Å². The molecular formula is C10H17NO. The summed E-state index contributed by atoms with van der Waals surface area (Å²) in [6.07, 6.45) is 2.34. The van der Waals surface area contributed by atoms with Gasteiger partial charge in [-0.25, -0.2) is 0 Å². The van der Waals surface area contributed by atoms with Gasteiger partial charge in [0.1, 0.15) is 0 Å². The van der Waals surface area contributed by atoms with Crippen molar-refractivity contribution in [2.24, 2.45) is 17.8 Å². The van der Waals surface area contributed by atoms with Crippen LogP contribution in [0.15, 0.2) is 0 Å². The maximum atomic E-state index is 9.36. The molecule has 1 rings (SSSR count). The minimum absolute atomic E-state index is 0.0775. The smallest absolute Gasteiger partial charge is 0.0659 e. The van der Waals surface area contributed by atoms with Crippen molar-refractivity contribution in [1.82, 2.24) is 0 Å². The number of hydrogen-bond donors (Lipinski definition) is 1. The zero-order valence-corrected chi connectivity index (χ0v) is 7.83. The zero-order chi connectivity index (χ0) is 9.14. The van der Waals surface area contributed by atoms with Gasteiger partial charge in [0.05, 0.1) is 18.1 Å². The fourth-order valence-corrected chi connectivity index (χ4v) is 2.12. The fourth-order valence-electron chi connectivity index (χ4n) is 2.12. The van der Waals surface area contributed by atoms with Gasteiger partial charge in [0.15, 0.2) is 0 Å². The van der Waals surface area contributed by atoms with Gasteiger partial charge >= 0.3 is 0 Å². The second-order valence-electron chi connectivity index (χ2n) is 4.11. The van der Waals surface area contributed by atoms with Crippen molar-refractivity contribution >= 4 is 0 Å². The molecule has 0 spiro atoms. The van der Waals surface area contributed by atoms with E-state index in [0.29, 0.717) is 18.3 Å². The van der Waals surface area contributed by atoms with Crippen molar-refractivity contribution in [3.05, 3.63) is 0 Å². The Morgan fingerprint density at radius 3 is 2.58 bits per heavy atom. The molecule has 0 saturated heterocycles. The molecule has 0 aromatic rings. The average Bonchev–Trinajstić information content (AvgIpc) is 2.03. The molecule has 0 radical (unpaired) electrons. The minimum Gasteiger partial charge on any atom is -0.393 e. The van der Waals surface area contributed by atoms with Gasteiger partial charge in [-0.2, -0.15) is 5.26 Å². The number of rotatable bonds is 1. The molecule has 1 saturated carbocycles. The van der Waals surface area contributed by atoms with E-state index in [1.165, 1.54) is 0 Å². The third kappa shape index (κ3) is 1.98. The second-order valence-corrected chi connectivity index (χ2v) is 4.11. The van der Waals surface area contributed by atoms with Crippen molar-refractivity contribution in [2.45, 2.75) is 39.2 Å². The van der Waals surface area contributed by atoms with Crippen LogP contribution in [0.4, 0.5) is 0 Å². The lowest BCUT2D eigenvalue weighted by Crippen LogP contribution is -2.29. The molecular weight excluding hydrogens is 150 g/mol. The number of aliphatic hydroxyl groups is 1. The van der Waals surface area contributed by atoms with Crippen LogP contribution in [0.2, 0.25) is 0 Å². The first-order chi connectivity index (χ1) is 5.65. The van der Waals surface area contributed by atoms with Gasteiger partial charge < -0.3 is 5.11 Å². The van der Waals surface area contributed by atoms with E-state index < -0.39 is 0 Å². The first-order valence-corrected chi connectivity index (χ1v) is 4.72. The van der Waals surface area contributed by atoms with E-state index in [0.717, 1.165) is 12.8 Å². The number of aliphatic hydroxyl groups excluding tert-OH is 1. The maximum absolute atomic E-state index is 9.36. The van der Waals surface area contributed by atoms with E-state index in [2.05, 4.69) is 19.9 Å². The molecule has 1 aliphatic carbocycles. The molecule has 0 bridgehead atoms. The standard InChI is InChI=1S/C10H17NO/c1-7(2)10-4-3-9(12)5-8(10)6-11/h7-10,12H,3-5H2,1-2H3. The Bertz CT molecular complexity index is 183. The first kappa shape index (κ1) is 9.54. The fraction of sp³-hybridized carbons (Fsp3) is 0.900. The summed E-state index contributed by atoms with van der Waals surface area (Å²) in [5.41, 5.74) is 0. The molecule has 12 heavy (non-hydrogen) atoms. The monoisotopic (exact) mass is 167 g/mol. The normalized spacial score (nSPS) is 36.4. The Morgan fingerprint density at radius 1 is 1.42 bits per heavy atom. The van der Waals surface area contributed by atoms with E-state index in [-0.39, 0.29) is 12.0 Å². The summed E-state index contributed by atoms with van der Waals surface area (Å²) in [5, 5.41) is 18.2. The lowest BCUT2D eigenvalue weighted by molar-refractivity contribution is 0.0721. The van der Waals surface area contributed by atoms with E-state index in [9.17, 15) is 5.11 Å². The summed E-state index contributed by atoms with van der Waals surface area (Å²) in [6.45, 7) is 4.32. The van der Waals surface area contributed by atoms with Crippen LogP contribution in [0.25, 0.3) is 0 Å². The van der Waals surface area contributed by atoms with E-state index in [1.807, 2.05) is 0 Å². The van der Waals surface area contributed by atoms with Crippen molar-refractivity contribution < 1.29 is 5.11 Å². The second kappa shape index (κ2) is 3.91. The molecule has 3 unspecified atom stereocenters. The summed E-state index contributed by atoms with van der Waals surface area (Å²) >= 11 is 0. The van der Waals surface area contributed by atoms with Gasteiger partial charge in [-0.1, -0.05) is 13.8 Å². The summed E-state index contributed by atoms with van der Waals surface area (Å²) in [7, 11) is 0. The molecule has 2 heteroatoms. The molecule has 68 valence electrons. The van der Waals surface area contributed by atoms with E-state index in [4.69, 9.17) is 5.26 Å². The molecule has 0 aliphatic heterocycles. The highest BCUT2D eigenvalue weighted by Crippen LogP contribution is 2.34. The molecule has 0 amide bonds. The van der Waals surface area contributed by atoms with Crippen LogP contribution < -0.4 is 0 Å². The highest BCUT2D eigenvalue weighted by Gasteiger charge is 2.31. The van der Waals surface area contributed by atoms with Gasteiger partial charge in [-0.15, -0.1) is 0 Å². The molecule has 1 aliphatic rings. The lowest BCUT2D eigenvalue weighted by Gasteiger charge is -2.32. The summed E-state index contributed by atoms with van der Waals surface area (Å²) in [4.78, 5) is 0. The lowest BCUT2D eigenvalue weighted by atomic mass is 9.73. The minimum atomic E-state index is -0.232. The SMILES string of the molecule is CC(C)C1CCC(O)CC1C#N.